The van der Waals surface area contributed by atoms with E-state index in [1.54, 1.807) is 6.92 Å². The fourth-order valence-electron chi connectivity index (χ4n) is 2.10. The lowest BCUT2D eigenvalue weighted by Gasteiger charge is -2.24. The second kappa shape index (κ2) is 5.60. The zero-order valence-corrected chi connectivity index (χ0v) is 12.2. The van der Waals surface area contributed by atoms with Crippen molar-refractivity contribution in [2.45, 2.75) is 31.1 Å². The van der Waals surface area contributed by atoms with Crippen LogP contribution in [0.1, 0.15) is 19.8 Å². The first-order chi connectivity index (χ1) is 7.80. The standard InChI is InChI=1S/C10H21N3O2S2/c1-4-9(10(11)16)17(14,15)13-6-5-8(7-13)12(2)3/h8-9H,4-7H2,1-3H3,(H2,11,16). The number of likely N-dealkylation sites (N-methyl/N-ethyl adjacent to an activating group) is 1. The van der Waals surface area contributed by atoms with E-state index in [0.717, 1.165) is 6.42 Å². The van der Waals surface area contributed by atoms with E-state index < -0.39 is 15.3 Å². The number of nitrogens with two attached hydrogens (primary N) is 1. The van der Waals surface area contributed by atoms with Gasteiger partial charge in [0, 0.05) is 19.1 Å². The summed E-state index contributed by atoms with van der Waals surface area (Å²) in [4.78, 5) is 2.12. The summed E-state index contributed by atoms with van der Waals surface area (Å²) in [5.41, 5.74) is 5.51. The first-order valence-corrected chi connectivity index (χ1v) is 7.66. The maximum absolute atomic E-state index is 12.3. The molecule has 2 N–H and O–H groups in total. The smallest absolute Gasteiger partial charge is 0.223 e. The predicted molar refractivity (Wildman–Crippen MR) is 73.4 cm³/mol. The van der Waals surface area contributed by atoms with Crippen LogP contribution in [0.15, 0.2) is 0 Å². The zero-order chi connectivity index (χ0) is 13.2. The molecule has 0 radical (unpaired) electrons. The molecule has 100 valence electrons. The van der Waals surface area contributed by atoms with Gasteiger partial charge in [0.2, 0.25) is 10.0 Å². The van der Waals surface area contributed by atoms with Crippen molar-refractivity contribution in [1.82, 2.24) is 9.21 Å². The largest absolute Gasteiger partial charge is 0.392 e. The van der Waals surface area contributed by atoms with Crippen molar-refractivity contribution in [2.24, 2.45) is 5.73 Å². The van der Waals surface area contributed by atoms with Crippen molar-refractivity contribution in [3.8, 4) is 0 Å². The minimum Gasteiger partial charge on any atom is -0.392 e. The third kappa shape index (κ3) is 3.15. The van der Waals surface area contributed by atoms with E-state index in [-0.39, 0.29) is 11.0 Å². The molecule has 1 fully saturated rings. The van der Waals surface area contributed by atoms with Gasteiger partial charge in [0.15, 0.2) is 0 Å². The number of rotatable bonds is 5. The lowest BCUT2D eigenvalue weighted by atomic mass is 10.2. The van der Waals surface area contributed by atoms with Crippen LogP contribution in [0.4, 0.5) is 0 Å². The van der Waals surface area contributed by atoms with Gasteiger partial charge in [-0.15, -0.1) is 0 Å². The summed E-state index contributed by atoms with van der Waals surface area (Å²) in [6.45, 7) is 2.89. The van der Waals surface area contributed by atoms with Crippen LogP contribution in [0.2, 0.25) is 0 Å². The van der Waals surface area contributed by atoms with Gasteiger partial charge in [0.05, 0.1) is 4.99 Å². The van der Waals surface area contributed by atoms with E-state index in [1.807, 2.05) is 14.1 Å². The highest BCUT2D eigenvalue weighted by Gasteiger charge is 2.37. The molecule has 0 amide bonds. The molecule has 1 rings (SSSR count). The van der Waals surface area contributed by atoms with Crippen LogP contribution in [0, 0.1) is 0 Å². The molecule has 17 heavy (non-hydrogen) atoms. The summed E-state index contributed by atoms with van der Waals surface area (Å²) < 4.78 is 26.1. The van der Waals surface area contributed by atoms with Crippen LogP contribution in [-0.4, -0.2) is 61.1 Å². The molecular weight excluding hydrogens is 258 g/mol. The van der Waals surface area contributed by atoms with Gasteiger partial charge in [-0.25, -0.2) is 8.42 Å². The lowest BCUT2D eigenvalue weighted by Crippen LogP contribution is -2.44. The Kier molecular flexibility index (Phi) is 4.88. The van der Waals surface area contributed by atoms with Crippen molar-refractivity contribution in [1.29, 1.82) is 0 Å². The molecule has 7 heteroatoms. The summed E-state index contributed by atoms with van der Waals surface area (Å²) in [6, 6.07) is 0.286. The first-order valence-electron chi connectivity index (χ1n) is 5.75. The molecule has 0 aromatic heterocycles. The fourth-order valence-corrected chi connectivity index (χ4v) is 4.45. The molecule has 1 heterocycles. The highest BCUT2D eigenvalue weighted by molar-refractivity contribution is 7.92. The molecule has 2 unspecified atom stereocenters. The summed E-state index contributed by atoms with van der Waals surface area (Å²) in [5.74, 6) is 0. The van der Waals surface area contributed by atoms with Crippen LogP contribution >= 0.6 is 12.2 Å². The highest BCUT2D eigenvalue weighted by Crippen LogP contribution is 2.21. The molecule has 0 aromatic carbocycles. The number of sulfonamides is 1. The van der Waals surface area contributed by atoms with E-state index in [9.17, 15) is 8.42 Å². The quantitative estimate of drug-likeness (QED) is 0.719. The first kappa shape index (κ1) is 14.8. The van der Waals surface area contributed by atoms with Gasteiger partial charge >= 0.3 is 0 Å². The molecule has 0 spiro atoms. The van der Waals surface area contributed by atoms with Gasteiger partial charge in [-0.3, -0.25) is 0 Å². The fraction of sp³-hybridized carbons (Fsp3) is 0.900. The normalized spacial score (nSPS) is 24.1. The van der Waals surface area contributed by atoms with Gasteiger partial charge in [-0.1, -0.05) is 19.1 Å². The monoisotopic (exact) mass is 279 g/mol. The minimum absolute atomic E-state index is 0.0702. The van der Waals surface area contributed by atoms with E-state index in [4.69, 9.17) is 18.0 Å². The second-order valence-electron chi connectivity index (χ2n) is 4.61. The molecule has 1 saturated heterocycles. The third-order valence-corrected chi connectivity index (χ3v) is 6.06. The topological polar surface area (TPSA) is 66.6 Å². The van der Waals surface area contributed by atoms with Gasteiger partial charge in [0.1, 0.15) is 5.25 Å². The Bertz CT molecular complexity index is 381. The molecule has 0 saturated carbocycles. The Morgan fingerprint density at radius 3 is 2.53 bits per heavy atom. The van der Waals surface area contributed by atoms with Crippen LogP contribution in [0.5, 0.6) is 0 Å². The molecule has 0 aliphatic carbocycles. The average molecular weight is 279 g/mol. The second-order valence-corrected chi connectivity index (χ2v) is 7.20. The predicted octanol–water partition coefficient (Wildman–Crippen LogP) is 0.0168. The van der Waals surface area contributed by atoms with E-state index in [1.165, 1.54) is 4.31 Å². The number of hydrogen-bond donors (Lipinski definition) is 1. The minimum atomic E-state index is -3.38. The lowest BCUT2D eigenvalue weighted by molar-refractivity contribution is 0.302. The van der Waals surface area contributed by atoms with Crippen LogP contribution in [0.25, 0.3) is 0 Å². The Morgan fingerprint density at radius 1 is 1.59 bits per heavy atom. The maximum atomic E-state index is 12.3. The Morgan fingerprint density at radius 2 is 2.18 bits per heavy atom. The van der Waals surface area contributed by atoms with Gasteiger partial charge in [0.25, 0.3) is 0 Å². The molecule has 2 atom stereocenters. The maximum Gasteiger partial charge on any atom is 0.223 e. The van der Waals surface area contributed by atoms with Crippen LogP contribution in [0.3, 0.4) is 0 Å². The summed E-state index contributed by atoms with van der Waals surface area (Å²) >= 11 is 4.84. The van der Waals surface area contributed by atoms with Crippen molar-refractivity contribution in [3.63, 3.8) is 0 Å². The Hall–Kier alpha value is -0.240. The average Bonchev–Trinajstić information content (AvgIpc) is 2.66. The van der Waals surface area contributed by atoms with Gasteiger partial charge in [-0.2, -0.15) is 4.31 Å². The third-order valence-electron chi connectivity index (χ3n) is 3.26. The number of nitrogens with zero attached hydrogens (tertiary/aromatic N) is 2. The van der Waals surface area contributed by atoms with E-state index >= 15 is 0 Å². The summed E-state index contributed by atoms with van der Waals surface area (Å²) in [5, 5.41) is -0.724. The summed E-state index contributed by atoms with van der Waals surface area (Å²) in [7, 11) is 0.552. The molecule has 1 aliphatic rings. The SMILES string of the molecule is CCC(C(N)=S)S(=O)(=O)N1CCC(N(C)C)C1. The van der Waals surface area contributed by atoms with Gasteiger partial charge in [-0.05, 0) is 26.9 Å². The van der Waals surface area contributed by atoms with Crippen LogP contribution < -0.4 is 5.73 Å². The molecule has 1 aliphatic heterocycles. The zero-order valence-electron chi connectivity index (χ0n) is 10.6. The van der Waals surface area contributed by atoms with E-state index in [2.05, 4.69) is 4.90 Å². The van der Waals surface area contributed by atoms with Crippen molar-refractivity contribution in [2.75, 3.05) is 27.2 Å². The number of thiocarbonyl (C=S) groups is 1. The highest BCUT2D eigenvalue weighted by atomic mass is 32.2. The molecule has 0 aromatic rings. The Labute approximate surface area is 109 Å². The molecule has 5 nitrogen and oxygen atoms in total. The van der Waals surface area contributed by atoms with E-state index in [0.29, 0.717) is 19.5 Å². The van der Waals surface area contributed by atoms with Crippen LogP contribution in [-0.2, 0) is 10.0 Å². The Balaban J connectivity index is 2.83. The van der Waals surface area contributed by atoms with Crippen molar-refractivity contribution in [3.05, 3.63) is 0 Å². The molecular formula is C10H21N3O2S2. The molecule has 0 bridgehead atoms. The van der Waals surface area contributed by atoms with Gasteiger partial charge < -0.3 is 10.6 Å². The number of hydrogen-bond acceptors (Lipinski definition) is 4. The van der Waals surface area contributed by atoms with Crippen molar-refractivity contribution < 1.29 is 8.42 Å². The van der Waals surface area contributed by atoms with Crippen molar-refractivity contribution >= 4 is 27.2 Å². The summed E-state index contributed by atoms with van der Waals surface area (Å²) in [6.07, 6.45) is 1.29.